The van der Waals surface area contributed by atoms with Gasteiger partial charge in [-0.3, -0.25) is 4.79 Å². The minimum atomic E-state index is -0.768. The molecule has 1 saturated carbocycles. The number of carboxylic acids is 1. The monoisotopic (exact) mass is 373 g/mol. The van der Waals surface area contributed by atoms with Crippen LogP contribution in [-0.2, 0) is 11.2 Å². The van der Waals surface area contributed by atoms with Crippen LogP contribution in [-0.4, -0.2) is 48.2 Å². The Kier molecular flexibility index (Phi) is 6.13. The Morgan fingerprint density at radius 1 is 1.44 bits per heavy atom. The topological polar surface area (TPSA) is 76.4 Å². The maximum absolute atomic E-state index is 14.5. The predicted octanol–water partition coefficient (Wildman–Crippen LogP) is 2.79. The fourth-order valence-corrected chi connectivity index (χ4v) is 4.04. The van der Waals surface area contributed by atoms with Gasteiger partial charge in [0.05, 0.1) is 18.1 Å². The largest absolute Gasteiger partial charge is 0.481 e. The molecule has 1 aromatic carbocycles. The van der Waals surface area contributed by atoms with Gasteiger partial charge in [0.15, 0.2) is 0 Å². The van der Waals surface area contributed by atoms with Gasteiger partial charge in [-0.2, -0.15) is 5.26 Å². The van der Waals surface area contributed by atoms with Gasteiger partial charge in [-0.05, 0) is 67.8 Å². The lowest BCUT2D eigenvalue weighted by molar-refractivity contribution is -0.137. The number of nitrogens with zero attached hydrogens (tertiary/aromatic N) is 2. The molecule has 1 aliphatic carbocycles. The van der Waals surface area contributed by atoms with E-state index in [1.165, 1.54) is 12.5 Å². The number of nitrogens with one attached hydrogen (secondary N) is 1. The van der Waals surface area contributed by atoms with Crippen LogP contribution in [0.4, 0.5) is 4.39 Å². The van der Waals surface area contributed by atoms with Crippen LogP contribution in [0.25, 0.3) is 0 Å². The van der Waals surface area contributed by atoms with Gasteiger partial charge in [-0.25, -0.2) is 4.39 Å². The number of halogens is 1. The SMILES string of the molecule is C[C@@H]1C[C@H]1NCC1(Cc2ccc(C#N)cc2F)CCN(CCC(=O)O)CC1. The van der Waals surface area contributed by atoms with Gasteiger partial charge >= 0.3 is 5.97 Å². The highest BCUT2D eigenvalue weighted by Crippen LogP contribution is 2.37. The summed E-state index contributed by atoms with van der Waals surface area (Å²) in [6.07, 6.45) is 3.84. The molecular weight excluding hydrogens is 345 g/mol. The molecule has 0 amide bonds. The van der Waals surface area contributed by atoms with Crippen molar-refractivity contribution in [1.29, 1.82) is 5.26 Å². The third-order valence-electron chi connectivity index (χ3n) is 6.15. The van der Waals surface area contributed by atoms with Crippen molar-refractivity contribution < 1.29 is 14.3 Å². The molecule has 1 aromatic rings. The summed E-state index contributed by atoms with van der Waals surface area (Å²) in [5.74, 6) is -0.359. The van der Waals surface area contributed by atoms with Crippen LogP contribution in [0.5, 0.6) is 0 Å². The van der Waals surface area contributed by atoms with Gasteiger partial charge in [-0.15, -0.1) is 0 Å². The van der Waals surface area contributed by atoms with Crippen LogP contribution in [0.15, 0.2) is 18.2 Å². The highest BCUT2D eigenvalue weighted by Gasteiger charge is 2.39. The van der Waals surface area contributed by atoms with E-state index in [2.05, 4.69) is 17.1 Å². The van der Waals surface area contributed by atoms with Crippen molar-refractivity contribution in [3.63, 3.8) is 0 Å². The molecule has 3 rings (SSSR count). The molecule has 0 aromatic heterocycles. The molecular formula is C21H28FN3O2. The van der Waals surface area contributed by atoms with Crippen LogP contribution >= 0.6 is 0 Å². The predicted molar refractivity (Wildman–Crippen MR) is 101 cm³/mol. The number of hydrogen-bond acceptors (Lipinski definition) is 4. The van der Waals surface area contributed by atoms with Gasteiger partial charge in [0.2, 0.25) is 0 Å². The third kappa shape index (κ3) is 5.27. The minimum Gasteiger partial charge on any atom is -0.481 e. The zero-order valence-electron chi connectivity index (χ0n) is 15.9. The van der Waals surface area contributed by atoms with E-state index in [9.17, 15) is 9.18 Å². The molecule has 2 fully saturated rings. The molecule has 0 bridgehead atoms. The van der Waals surface area contributed by atoms with Crippen molar-refractivity contribution in [2.45, 2.75) is 45.1 Å². The van der Waals surface area contributed by atoms with E-state index >= 15 is 0 Å². The van der Waals surface area contributed by atoms with Crippen LogP contribution < -0.4 is 5.32 Å². The van der Waals surface area contributed by atoms with Gasteiger partial charge < -0.3 is 15.3 Å². The highest BCUT2D eigenvalue weighted by molar-refractivity contribution is 5.66. The van der Waals surface area contributed by atoms with Crippen LogP contribution in [0, 0.1) is 28.5 Å². The van der Waals surface area contributed by atoms with Crippen molar-refractivity contribution in [2.24, 2.45) is 11.3 Å². The Morgan fingerprint density at radius 3 is 2.70 bits per heavy atom. The molecule has 146 valence electrons. The molecule has 1 heterocycles. The Morgan fingerprint density at radius 2 is 2.15 bits per heavy atom. The number of rotatable bonds is 8. The Balaban J connectivity index is 1.67. The second-order valence-electron chi connectivity index (χ2n) is 8.28. The average molecular weight is 373 g/mol. The van der Waals surface area contributed by atoms with Gasteiger partial charge in [0.1, 0.15) is 5.82 Å². The summed E-state index contributed by atoms with van der Waals surface area (Å²) < 4.78 is 14.5. The van der Waals surface area contributed by atoms with E-state index < -0.39 is 5.97 Å². The summed E-state index contributed by atoms with van der Waals surface area (Å²) in [4.78, 5) is 13.0. The normalized spacial score (nSPS) is 24.3. The number of carbonyl (C=O) groups is 1. The van der Waals surface area contributed by atoms with Crippen molar-refractivity contribution in [3.8, 4) is 6.07 Å². The van der Waals surface area contributed by atoms with Gasteiger partial charge in [-0.1, -0.05) is 13.0 Å². The van der Waals surface area contributed by atoms with Crippen molar-refractivity contribution >= 4 is 5.97 Å². The number of carboxylic acid groups (broad SMARTS) is 1. The number of piperidine rings is 1. The van der Waals surface area contributed by atoms with E-state index in [0.29, 0.717) is 36.1 Å². The number of hydrogen-bond donors (Lipinski definition) is 2. The molecule has 6 heteroatoms. The molecule has 2 N–H and O–H groups in total. The molecule has 1 aliphatic heterocycles. The maximum Gasteiger partial charge on any atom is 0.304 e. The van der Waals surface area contributed by atoms with Crippen molar-refractivity contribution in [2.75, 3.05) is 26.2 Å². The molecule has 0 unspecified atom stereocenters. The fourth-order valence-electron chi connectivity index (χ4n) is 4.04. The first-order valence-electron chi connectivity index (χ1n) is 9.77. The molecule has 2 atom stereocenters. The lowest BCUT2D eigenvalue weighted by Gasteiger charge is -2.42. The molecule has 0 radical (unpaired) electrons. The Hall–Kier alpha value is -1.97. The zero-order chi connectivity index (χ0) is 19.4. The van der Waals surface area contributed by atoms with E-state index in [-0.39, 0.29) is 17.7 Å². The molecule has 5 nitrogen and oxygen atoms in total. The van der Waals surface area contributed by atoms with Crippen LogP contribution in [0.2, 0.25) is 0 Å². The van der Waals surface area contributed by atoms with Crippen LogP contribution in [0.1, 0.15) is 43.7 Å². The zero-order valence-corrected chi connectivity index (χ0v) is 15.9. The summed E-state index contributed by atoms with van der Waals surface area (Å²) in [5.41, 5.74) is 0.981. The van der Waals surface area contributed by atoms with E-state index in [4.69, 9.17) is 10.4 Å². The smallest absolute Gasteiger partial charge is 0.304 e. The molecule has 27 heavy (non-hydrogen) atoms. The summed E-state index contributed by atoms with van der Waals surface area (Å²) >= 11 is 0. The molecule has 1 saturated heterocycles. The average Bonchev–Trinajstić information content (AvgIpc) is 3.36. The number of aliphatic carboxylic acids is 1. The minimum absolute atomic E-state index is 0.0307. The number of likely N-dealkylation sites (tertiary alicyclic amines) is 1. The third-order valence-corrected chi connectivity index (χ3v) is 6.15. The maximum atomic E-state index is 14.5. The molecule has 0 spiro atoms. The lowest BCUT2D eigenvalue weighted by Crippen LogP contribution is -2.47. The Bertz CT molecular complexity index is 723. The highest BCUT2D eigenvalue weighted by atomic mass is 19.1. The van der Waals surface area contributed by atoms with Gasteiger partial charge in [0.25, 0.3) is 0 Å². The van der Waals surface area contributed by atoms with Gasteiger partial charge in [0, 0.05) is 19.1 Å². The quantitative estimate of drug-likeness (QED) is 0.733. The second kappa shape index (κ2) is 8.37. The summed E-state index contributed by atoms with van der Waals surface area (Å²) in [7, 11) is 0. The second-order valence-corrected chi connectivity index (χ2v) is 8.28. The summed E-state index contributed by atoms with van der Waals surface area (Å²) in [6.45, 7) is 5.34. The van der Waals surface area contributed by atoms with E-state index in [1.807, 2.05) is 6.07 Å². The van der Waals surface area contributed by atoms with Crippen molar-refractivity contribution in [3.05, 3.63) is 35.1 Å². The van der Waals surface area contributed by atoms with Crippen molar-refractivity contribution in [1.82, 2.24) is 10.2 Å². The Labute approximate surface area is 160 Å². The first-order chi connectivity index (χ1) is 12.9. The first-order valence-corrected chi connectivity index (χ1v) is 9.77. The first kappa shape index (κ1) is 19.8. The van der Waals surface area contributed by atoms with E-state index in [1.54, 1.807) is 12.1 Å². The van der Waals surface area contributed by atoms with E-state index in [0.717, 1.165) is 32.5 Å². The lowest BCUT2D eigenvalue weighted by atomic mass is 9.73. The number of benzene rings is 1. The number of nitriles is 1. The summed E-state index contributed by atoms with van der Waals surface area (Å²) in [6, 6.07) is 7.30. The standard InChI is InChI=1S/C21H28FN3O2/c1-15-10-19(15)24-14-21(5-8-25(9-6-21)7-4-20(26)27)12-17-3-2-16(13-23)11-18(17)22/h2-3,11,15,19,24H,4-10,12,14H2,1H3,(H,26,27)/t15-,19-/m1/s1. The molecule has 2 aliphatic rings. The fraction of sp³-hybridized carbons (Fsp3) is 0.619. The van der Waals surface area contributed by atoms with Crippen LogP contribution in [0.3, 0.4) is 0 Å². The summed E-state index contributed by atoms with van der Waals surface area (Å²) in [5, 5.41) is 21.5.